The Hall–Kier alpha value is -2.57. The Morgan fingerprint density at radius 2 is 2.00 bits per heavy atom. The summed E-state index contributed by atoms with van der Waals surface area (Å²) in [7, 11) is 0. The Labute approximate surface area is 197 Å². The summed E-state index contributed by atoms with van der Waals surface area (Å²) in [4.78, 5) is 5.15. The first-order valence-corrected chi connectivity index (χ1v) is 12.2. The predicted molar refractivity (Wildman–Crippen MR) is 131 cm³/mol. The molecule has 1 aromatic carbocycles. The van der Waals surface area contributed by atoms with Gasteiger partial charge in [-0.3, -0.25) is 9.80 Å². The number of hydrogen-bond acceptors (Lipinski definition) is 4. The largest absolute Gasteiger partial charge is 0.311 e. The lowest BCUT2D eigenvalue weighted by Gasteiger charge is -2.45. The number of benzene rings is 1. The lowest BCUT2D eigenvalue weighted by molar-refractivity contribution is 0.0365. The first-order chi connectivity index (χ1) is 16.0. The Kier molecular flexibility index (Phi) is 7.89. The number of nitrogens with zero attached hydrogens (tertiary/aromatic N) is 5. The second kappa shape index (κ2) is 11.0. The van der Waals surface area contributed by atoms with Gasteiger partial charge in [-0.2, -0.15) is 0 Å². The number of rotatable bonds is 8. The molecule has 4 rings (SSSR count). The van der Waals surface area contributed by atoms with Crippen molar-refractivity contribution in [2.75, 3.05) is 19.6 Å². The van der Waals surface area contributed by atoms with Crippen LogP contribution in [0.2, 0.25) is 0 Å². The number of halogens is 1. The van der Waals surface area contributed by atoms with Gasteiger partial charge in [-0.15, -0.1) is 10.2 Å². The van der Waals surface area contributed by atoms with Crippen LogP contribution in [0, 0.1) is 0 Å². The molecule has 2 heterocycles. The summed E-state index contributed by atoms with van der Waals surface area (Å²) in [5, 5.41) is 8.86. The van der Waals surface area contributed by atoms with E-state index < -0.39 is 0 Å². The smallest absolute Gasteiger partial charge is 0.154 e. The van der Waals surface area contributed by atoms with E-state index in [2.05, 4.69) is 75.7 Å². The molecule has 0 spiro atoms. The van der Waals surface area contributed by atoms with Crippen LogP contribution in [-0.4, -0.2) is 56.3 Å². The zero-order valence-electron chi connectivity index (χ0n) is 20.1. The van der Waals surface area contributed by atoms with Crippen molar-refractivity contribution >= 4 is 0 Å². The van der Waals surface area contributed by atoms with E-state index in [-0.39, 0.29) is 11.9 Å². The van der Waals surface area contributed by atoms with Crippen molar-refractivity contribution < 1.29 is 4.39 Å². The van der Waals surface area contributed by atoms with Gasteiger partial charge < -0.3 is 4.57 Å². The first kappa shape index (κ1) is 23.6. The number of hydrogen-bond donors (Lipinski definition) is 0. The molecule has 0 N–H and O–H groups in total. The van der Waals surface area contributed by atoms with Gasteiger partial charge in [-0.1, -0.05) is 55.8 Å². The number of aromatic nitrogens is 3. The average molecular weight is 450 g/mol. The maximum Gasteiger partial charge on any atom is 0.154 e. The van der Waals surface area contributed by atoms with Crippen LogP contribution in [0.4, 0.5) is 4.39 Å². The molecule has 5 nitrogen and oxygen atoms in total. The van der Waals surface area contributed by atoms with Gasteiger partial charge in [0.1, 0.15) is 12.2 Å². The molecule has 0 bridgehead atoms. The summed E-state index contributed by atoms with van der Waals surface area (Å²) in [6, 6.07) is 11.5. The fourth-order valence-corrected chi connectivity index (χ4v) is 5.09. The lowest BCUT2D eigenvalue weighted by atomic mass is 10.0. The minimum Gasteiger partial charge on any atom is -0.311 e. The molecule has 1 aliphatic heterocycles. The van der Waals surface area contributed by atoms with Gasteiger partial charge in [0.05, 0.1) is 12.6 Å². The maximum absolute atomic E-state index is 13.6. The van der Waals surface area contributed by atoms with Crippen molar-refractivity contribution in [1.82, 2.24) is 24.6 Å². The molecule has 176 valence electrons. The van der Waals surface area contributed by atoms with Crippen LogP contribution in [0.1, 0.15) is 57.5 Å². The van der Waals surface area contributed by atoms with E-state index in [1.54, 1.807) is 12.2 Å². The van der Waals surface area contributed by atoms with Crippen LogP contribution >= 0.6 is 0 Å². The van der Waals surface area contributed by atoms with Gasteiger partial charge in [0.2, 0.25) is 0 Å². The summed E-state index contributed by atoms with van der Waals surface area (Å²) in [6.45, 7) is 10.6. The molecule has 1 fully saturated rings. The van der Waals surface area contributed by atoms with Crippen molar-refractivity contribution in [3.8, 4) is 0 Å². The minimum absolute atomic E-state index is 0.00324. The molecule has 3 unspecified atom stereocenters. The summed E-state index contributed by atoms with van der Waals surface area (Å²) in [6.07, 6.45) is 12.2. The molecule has 1 aliphatic carbocycles. The molecule has 1 aromatic heterocycles. The summed E-state index contributed by atoms with van der Waals surface area (Å²) < 4.78 is 15.7. The molecule has 0 amide bonds. The Morgan fingerprint density at radius 3 is 2.70 bits per heavy atom. The Morgan fingerprint density at radius 1 is 1.18 bits per heavy atom. The zero-order chi connectivity index (χ0) is 23.2. The van der Waals surface area contributed by atoms with Crippen molar-refractivity contribution in [3.05, 3.63) is 83.8 Å². The Balaban J connectivity index is 1.60. The highest BCUT2D eigenvalue weighted by Crippen LogP contribution is 2.29. The van der Waals surface area contributed by atoms with Crippen LogP contribution in [0.5, 0.6) is 0 Å². The van der Waals surface area contributed by atoms with Crippen LogP contribution in [-0.2, 0) is 6.54 Å². The van der Waals surface area contributed by atoms with E-state index in [4.69, 9.17) is 0 Å². The monoisotopic (exact) mass is 449 g/mol. The van der Waals surface area contributed by atoms with E-state index in [0.717, 1.165) is 37.6 Å². The standard InChI is InChI=1S/C27H36FN5/c1-4-8-21(2)33-16-15-31(18-22(33)3)26(17-23-11-13-25(28)14-12-23)27-30-29-20-32(27)19-24-9-6-5-7-10-24/h5-7,9-11,13-14,17,20-22,26H,4,8,12,15-16,18-19H2,1-3H3. The molecular weight excluding hydrogens is 413 g/mol. The van der Waals surface area contributed by atoms with E-state index in [0.29, 0.717) is 18.5 Å². The van der Waals surface area contributed by atoms with Crippen LogP contribution < -0.4 is 0 Å². The van der Waals surface area contributed by atoms with Crippen molar-refractivity contribution in [1.29, 1.82) is 0 Å². The number of piperazine rings is 1. The topological polar surface area (TPSA) is 37.2 Å². The molecule has 2 aromatic rings. The molecule has 6 heteroatoms. The fraction of sp³-hybridized carbons (Fsp3) is 0.481. The molecule has 33 heavy (non-hydrogen) atoms. The molecule has 0 radical (unpaired) electrons. The normalized spacial score (nSPS) is 23.0. The highest BCUT2D eigenvalue weighted by Gasteiger charge is 2.32. The van der Waals surface area contributed by atoms with Gasteiger partial charge in [-0.25, -0.2) is 4.39 Å². The van der Waals surface area contributed by atoms with Crippen molar-refractivity contribution in [2.24, 2.45) is 0 Å². The first-order valence-electron chi connectivity index (χ1n) is 12.2. The van der Waals surface area contributed by atoms with Crippen LogP contribution in [0.25, 0.3) is 0 Å². The van der Waals surface area contributed by atoms with Gasteiger partial charge in [0.15, 0.2) is 5.82 Å². The molecule has 2 aliphatic rings. The highest BCUT2D eigenvalue weighted by molar-refractivity contribution is 5.34. The van der Waals surface area contributed by atoms with E-state index in [1.165, 1.54) is 18.4 Å². The molecular formula is C27H36FN5. The zero-order valence-corrected chi connectivity index (χ0v) is 20.1. The summed E-state index contributed by atoms with van der Waals surface area (Å²) in [5.74, 6) is 0.778. The predicted octanol–water partition coefficient (Wildman–Crippen LogP) is 5.30. The molecule has 3 atom stereocenters. The third kappa shape index (κ3) is 5.87. The van der Waals surface area contributed by atoms with Gasteiger partial charge >= 0.3 is 0 Å². The SMILES string of the molecule is CCCC(C)N1CCN(C(C=C2C=CC(F)=CC2)c2nncn2Cc2ccccc2)CC1C. The Bertz CT molecular complexity index is 993. The molecule has 0 saturated carbocycles. The molecule has 1 saturated heterocycles. The van der Waals surface area contributed by atoms with Gasteiger partial charge in [0, 0.05) is 31.7 Å². The van der Waals surface area contributed by atoms with E-state index in [9.17, 15) is 4.39 Å². The number of allylic oxidation sites excluding steroid dienone is 5. The third-order valence-electron chi connectivity index (χ3n) is 6.84. The van der Waals surface area contributed by atoms with Gasteiger partial charge in [0.25, 0.3) is 0 Å². The third-order valence-corrected chi connectivity index (χ3v) is 6.84. The lowest BCUT2D eigenvalue weighted by Crippen LogP contribution is -2.55. The summed E-state index contributed by atoms with van der Waals surface area (Å²) >= 11 is 0. The van der Waals surface area contributed by atoms with Crippen molar-refractivity contribution in [2.45, 2.75) is 64.7 Å². The average Bonchev–Trinajstić information content (AvgIpc) is 3.27. The van der Waals surface area contributed by atoms with E-state index in [1.807, 2.05) is 18.5 Å². The maximum atomic E-state index is 13.6. The second-order valence-corrected chi connectivity index (χ2v) is 9.34. The second-order valence-electron chi connectivity index (χ2n) is 9.34. The minimum atomic E-state index is -0.164. The van der Waals surface area contributed by atoms with Crippen LogP contribution in [0.3, 0.4) is 0 Å². The summed E-state index contributed by atoms with van der Waals surface area (Å²) in [5.41, 5.74) is 2.34. The highest BCUT2D eigenvalue weighted by atomic mass is 19.1. The van der Waals surface area contributed by atoms with Gasteiger partial charge in [-0.05, 0) is 50.0 Å². The van der Waals surface area contributed by atoms with E-state index >= 15 is 0 Å². The van der Waals surface area contributed by atoms with Crippen LogP contribution in [0.15, 0.2) is 72.4 Å². The fourth-order valence-electron chi connectivity index (χ4n) is 5.09. The quantitative estimate of drug-likeness (QED) is 0.548. The van der Waals surface area contributed by atoms with Crippen molar-refractivity contribution in [3.63, 3.8) is 0 Å².